The molecule has 1 saturated carbocycles. The number of amides is 2. The predicted octanol–water partition coefficient (Wildman–Crippen LogP) is 1.13. The Labute approximate surface area is 119 Å². The maximum Gasteiger partial charge on any atom is 0.305 e. The number of nitrogens with two attached hydrogens (primary N) is 1. The quantitative estimate of drug-likeness (QED) is 0.731. The summed E-state index contributed by atoms with van der Waals surface area (Å²) in [7, 11) is 1.45. The number of carbonyl (C=O) groups excluding carboxylic acids is 2. The first-order valence-corrected chi connectivity index (χ1v) is 7.18. The highest BCUT2D eigenvalue weighted by molar-refractivity contribution is 5.89. The third-order valence-corrected chi connectivity index (χ3v) is 4.05. The van der Waals surface area contributed by atoms with Crippen molar-refractivity contribution in [2.75, 3.05) is 7.05 Å². The molecular formula is C14H24N2O4. The summed E-state index contributed by atoms with van der Waals surface area (Å²) in [5.74, 6) is -1.55. The molecule has 20 heavy (non-hydrogen) atoms. The fourth-order valence-corrected chi connectivity index (χ4v) is 2.75. The zero-order chi connectivity index (χ0) is 15.1. The molecule has 0 heterocycles. The molecule has 2 amide bonds. The van der Waals surface area contributed by atoms with Gasteiger partial charge in [-0.1, -0.05) is 32.1 Å². The second kappa shape index (κ2) is 7.87. The number of rotatable bonds is 7. The molecule has 0 aromatic heterocycles. The van der Waals surface area contributed by atoms with Gasteiger partial charge in [-0.2, -0.15) is 0 Å². The first kappa shape index (κ1) is 16.5. The second-order valence-electron chi connectivity index (χ2n) is 5.56. The monoisotopic (exact) mass is 284 g/mol. The molecule has 0 spiro atoms. The number of aliphatic carboxylic acids is 1. The van der Waals surface area contributed by atoms with Gasteiger partial charge < -0.3 is 15.7 Å². The molecule has 3 N–H and O–H groups in total. The third-order valence-electron chi connectivity index (χ3n) is 4.05. The average Bonchev–Trinajstić information content (AvgIpc) is 2.42. The van der Waals surface area contributed by atoms with Crippen molar-refractivity contribution >= 4 is 17.8 Å². The Morgan fingerprint density at radius 2 is 1.85 bits per heavy atom. The van der Waals surface area contributed by atoms with E-state index in [2.05, 4.69) is 0 Å². The van der Waals surface area contributed by atoms with E-state index in [1.165, 1.54) is 31.2 Å². The molecule has 0 radical (unpaired) electrons. The van der Waals surface area contributed by atoms with Gasteiger partial charge in [0.2, 0.25) is 11.8 Å². The van der Waals surface area contributed by atoms with Gasteiger partial charge in [0.1, 0.15) is 6.04 Å². The summed E-state index contributed by atoms with van der Waals surface area (Å²) in [5, 5.41) is 8.75. The Morgan fingerprint density at radius 3 is 2.35 bits per heavy atom. The molecule has 0 aromatic carbocycles. The van der Waals surface area contributed by atoms with E-state index in [1.807, 2.05) is 0 Å². The van der Waals surface area contributed by atoms with Gasteiger partial charge in [-0.3, -0.25) is 14.4 Å². The van der Waals surface area contributed by atoms with Crippen molar-refractivity contribution in [3.8, 4) is 0 Å². The largest absolute Gasteiger partial charge is 0.481 e. The first-order chi connectivity index (χ1) is 9.41. The predicted molar refractivity (Wildman–Crippen MR) is 73.8 cm³/mol. The average molecular weight is 284 g/mol. The van der Waals surface area contributed by atoms with Gasteiger partial charge in [-0.05, 0) is 12.3 Å². The number of carboxylic acid groups (broad SMARTS) is 1. The van der Waals surface area contributed by atoms with Crippen LogP contribution >= 0.6 is 0 Å². The van der Waals surface area contributed by atoms with Crippen molar-refractivity contribution < 1.29 is 19.5 Å². The molecule has 1 aliphatic carbocycles. The SMILES string of the molecule is CN(C(=O)CCC1CCCCC1)[C@@H](CC(=O)O)C(N)=O. The summed E-state index contributed by atoms with van der Waals surface area (Å²) in [6.45, 7) is 0. The summed E-state index contributed by atoms with van der Waals surface area (Å²) in [6.07, 6.45) is 6.74. The number of carboxylic acids is 1. The van der Waals surface area contributed by atoms with Crippen LogP contribution in [0.1, 0.15) is 51.4 Å². The van der Waals surface area contributed by atoms with E-state index in [4.69, 9.17) is 10.8 Å². The van der Waals surface area contributed by atoms with E-state index >= 15 is 0 Å². The number of hydrogen-bond acceptors (Lipinski definition) is 3. The van der Waals surface area contributed by atoms with Crippen molar-refractivity contribution in [1.29, 1.82) is 0 Å². The molecule has 0 unspecified atom stereocenters. The van der Waals surface area contributed by atoms with Gasteiger partial charge in [0.05, 0.1) is 6.42 Å². The van der Waals surface area contributed by atoms with Crippen molar-refractivity contribution in [2.24, 2.45) is 11.7 Å². The van der Waals surface area contributed by atoms with Crippen molar-refractivity contribution in [3.63, 3.8) is 0 Å². The Balaban J connectivity index is 2.46. The number of carbonyl (C=O) groups is 3. The van der Waals surface area contributed by atoms with Gasteiger partial charge in [0.15, 0.2) is 0 Å². The van der Waals surface area contributed by atoms with E-state index in [-0.39, 0.29) is 5.91 Å². The Hall–Kier alpha value is -1.59. The van der Waals surface area contributed by atoms with Crippen LogP contribution in [0.4, 0.5) is 0 Å². The Morgan fingerprint density at radius 1 is 1.25 bits per heavy atom. The van der Waals surface area contributed by atoms with Gasteiger partial charge in [-0.15, -0.1) is 0 Å². The number of nitrogens with zero attached hydrogens (tertiary/aromatic N) is 1. The molecule has 1 atom stereocenters. The lowest BCUT2D eigenvalue weighted by molar-refractivity contribution is -0.144. The normalized spacial score (nSPS) is 17.4. The minimum atomic E-state index is -1.14. The standard InChI is InChI=1S/C14H24N2O4/c1-16(11(14(15)20)9-13(18)19)12(17)8-7-10-5-3-2-4-6-10/h10-11H,2-9H2,1H3,(H2,15,20)(H,18,19)/t11-/m0/s1. The lowest BCUT2D eigenvalue weighted by atomic mass is 9.86. The van der Waals surface area contributed by atoms with Crippen LogP contribution in [-0.2, 0) is 14.4 Å². The lowest BCUT2D eigenvalue weighted by Gasteiger charge is -2.26. The van der Waals surface area contributed by atoms with Crippen LogP contribution in [0.2, 0.25) is 0 Å². The highest BCUT2D eigenvalue weighted by Crippen LogP contribution is 2.27. The molecule has 1 aliphatic rings. The molecule has 0 aromatic rings. The number of hydrogen-bond donors (Lipinski definition) is 2. The van der Waals surface area contributed by atoms with E-state index in [1.54, 1.807) is 0 Å². The van der Waals surface area contributed by atoms with Crippen LogP contribution in [0.3, 0.4) is 0 Å². The molecular weight excluding hydrogens is 260 g/mol. The molecule has 6 nitrogen and oxygen atoms in total. The maximum atomic E-state index is 12.0. The van der Waals surface area contributed by atoms with Crippen LogP contribution in [0, 0.1) is 5.92 Å². The van der Waals surface area contributed by atoms with Crippen LogP contribution < -0.4 is 5.73 Å². The van der Waals surface area contributed by atoms with E-state index in [0.29, 0.717) is 12.3 Å². The number of likely N-dealkylation sites (N-methyl/N-ethyl adjacent to an activating group) is 1. The van der Waals surface area contributed by atoms with E-state index in [9.17, 15) is 14.4 Å². The number of primary amides is 1. The first-order valence-electron chi connectivity index (χ1n) is 7.18. The summed E-state index contributed by atoms with van der Waals surface area (Å²) >= 11 is 0. The topological polar surface area (TPSA) is 101 Å². The van der Waals surface area contributed by atoms with Crippen LogP contribution in [0.15, 0.2) is 0 Å². The molecule has 1 fully saturated rings. The van der Waals surface area contributed by atoms with Crippen molar-refractivity contribution in [1.82, 2.24) is 4.90 Å². The molecule has 6 heteroatoms. The Kier molecular flexibility index (Phi) is 6.48. The van der Waals surface area contributed by atoms with Gasteiger partial charge >= 0.3 is 5.97 Å². The zero-order valence-electron chi connectivity index (χ0n) is 12.0. The molecule has 0 bridgehead atoms. The van der Waals surface area contributed by atoms with Gasteiger partial charge in [0, 0.05) is 13.5 Å². The van der Waals surface area contributed by atoms with E-state index in [0.717, 1.165) is 19.3 Å². The highest BCUT2D eigenvalue weighted by atomic mass is 16.4. The van der Waals surface area contributed by atoms with Crippen LogP contribution in [0.5, 0.6) is 0 Å². The third kappa shape index (κ3) is 5.19. The van der Waals surface area contributed by atoms with Crippen molar-refractivity contribution in [2.45, 2.75) is 57.4 Å². The summed E-state index contributed by atoms with van der Waals surface area (Å²) in [6, 6.07) is -1.06. The molecule has 1 rings (SSSR count). The Bertz CT molecular complexity index is 364. The molecule has 0 saturated heterocycles. The molecule has 114 valence electrons. The minimum absolute atomic E-state index is 0.208. The summed E-state index contributed by atoms with van der Waals surface area (Å²) < 4.78 is 0. The van der Waals surface area contributed by atoms with Crippen LogP contribution in [-0.4, -0.2) is 40.9 Å². The van der Waals surface area contributed by atoms with Gasteiger partial charge in [0.25, 0.3) is 0 Å². The van der Waals surface area contributed by atoms with Crippen LogP contribution in [0.25, 0.3) is 0 Å². The van der Waals surface area contributed by atoms with E-state index < -0.39 is 24.3 Å². The van der Waals surface area contributed by atoms with Crippen molar-refractivity contribution in [3.05, 3.63) is 0 Å². The fourth-order valence-electron chi connectivity index (χ4n) is 2.75. The smallest absolute Gasteiger partial charge is 0.305 e. The summed E-state index contributed by atoms with van der Waals surface area (Å²) in [5.41, 5.74) is 5.17. The molecule has 0 aliphatic heterocycles. The highest BCUT2D eigenvalue weighted by Gasteiger charge is 2.27. The lowest BCUT2D eigenvalue weighted by Crippen LogP contribution is -2.46. The maximum absolute atomic E-state index is 12.0. The van der Waals surface area contributed by atoms with Gasteiger partial charge in [-0.25, -0.2) is 0 Å². The second-order valence-corrected chi connectivity index (χ2v) is 5.56. The summed E-state index contributed by atoms with van der Waals surface area (Å²) in [4.78, 5) is 35.2. The fraction of sp³-hybridized carbons (Fsp3) is 0.786. The minimum Gasteiger partial charge on any atom is -0.481 e. The zero-order valence-corrected chi connectivity index (χ0v) is 12.0.